The maximum absolute atomic E-state index is 10.8. The first-order chi connectivity index (χ1) is 7.24. The molecule has 0 atom stereocenters. The minimum absolute atomic E-state index is 0.643. The highest BCUT2D eigenvalue weighted by atomic mass is 16.5. The molecule has 1 aliphatic carbocycles. The van der Waals surface area contributed by atoms with Crippen LogP contribution in [0.4, 0.5) is 0 Å². The van der Waals surface area contributed by atoms with Gasteiger partial charge in [0.05, 0.1) is 12.7 Å². The Balaban J connectivity index is 2.56. The lowest BCUT2D eigenvalue weighted by Gasteiger charge is -2.16. The van der Waals surface area contributed by atoms with Crippen molar-refractivity contribution < 1.29 is 9.53 Å². The summed E-state index contributed by atoms with van der Waals surface area (Å²) >= 11 is 0. The van der Waals surface area contributed by atoms with Gasteiger partial charge in [-0.15, -0.1) is 0 Å². The maximum Gasteiger partial charge on any atom is 0.153 e. The number of hydrogen-bond acceptors (Lipinski definition) is 2. The van der Waals surface area contributed by atoms with E-state index in [1.54, 1.807) is 7.11 Å². The Bertz CT molecular complexity index is 430. The SMILES string of the molecule is COc1cc2c(cc1C=O)CCC(C)=C2. The highest BCUT2D eigenvalue weighted by Gasteiger charge is 2.12. The number of carbonyl (C=O) groups is 1. The normalized spacial score (nSPS) is 14.1. The Morgan fingerprint density at radius 2 is 2.13 bits per heavy atom. The van der Waals surface area contributed by atoms with Gasteiger partial charge in [0.1, 0.15) is 5.75 Å². The predicted molar refractivity (Wildman–Crippen MR) is 60.4 cm³/mol. The Morgan fingerprint density at radius 3 is 2.80 bits per heavy atom. The molecule has 0 spiro atoms. The lowest BCUT2D eigenvalue weighted by Crippen LogP contribution is -2.01. The van der Waals surface area contributed by atoms with E-state index < -0.39 is 0 Å². The molecule has 2 nitrogen and oxygen atoms in total. The van der Waals surface area contributed by atoms with Crippen LogP contribution in [0.1, 0.15) is 34.8 Å². The van der Waals surface area contributed by atoms with Crippen molar-refractivity contribution in [2.45, 2.75) is 19.8 Å². The van der Waals surface area contributed by atoms with E-state index >= 15 is 0 Å². The summed E-state index contributed by atoms with van der Waals surface area (Å²) in [5, 5.41) is 0. The molecule has 0 fully saturated rings. The van der Waals surface area contributed by atoms with Gasteiger partial charge < -0.3 is 4.74 Å². The van der Waals surface area contributed by atoms with E-state index in [-0.39, 0.29) is 0 Å². The smallest absolute Gasteiger partial charge is 0.153 e. The third kappa shape index (κ3) is 1.80. The van der Waals surface area contributed by atoms with E-state index in [0.717, 1.165) is 19.1 Å². The predicted octanol–water partition coefficient (Wildman–Crippen LogP) is 2.86. The van der Waals surface area contributed by atoms with Gasteiger partial charge in [0.15, 0.2) is 6.29 Å². The van der Waals surface area contributed by atoms with Crippen LogP contribution in [0.5, 0.6) is 5.75 Å². The van der Waals surface area contributed by atoms with E-state index in [4.69, 9.17) is 4.74 Å². The number of hydrogen-bond donors (Lipinski definition) is 0. The number of ether oxygens (including phenoxy) is 1. The lowest BCUT2D eigenvalue weighted by molar-refractivity contribution is 0.112. The van der Waals surface area contributed by atoms with Crippen LogP contribution in [0, 0.1) is 0 Å². The second-order valence-corrected chi connectivity index (χ2v) is 3.90. The van der Waals surface area contributed by atoms with Crippen molar-refractivity contribution in [3.63, 3.8) is 0 Å². The first-order valence-electron chi connectivity index (χ1n) is 5.08. The summed E-state index contributed by atoms with van der Waals surface area (Å²) in [5.41, 5.74) is 4.44. The molecule has 0 unspecified atom stereocenters. The van der Waals surface area contributed by atoms with Gasteiger partial charge in [-0.1, -0.05) is 11.6 Å². The molecule has 15 heavy (non-hydrogen) atoms. The van der Waals surface area contributed by atoms with Gasteiger partial charge in [0, 0.05) is 0 Å². The number of methoxy groups -OCH3 is 1. The van der Waals surface area contributed by atoms with Crippen LogP contribution in [0.3, 0.4) is 0 Å². The van der Waals surface area contributed by atoms with E-state index in [1.807, 2.05) is 12.1 Å². The second kappa shape index (κ2) is 3.89. The van der Waals surface area contributed by atoms with E-state index in [0.29, 0.717) is 11.3 Å². The third-order valence-electron chi connectivity index (χ3n) is 2.81. The van der Waals surface area contributed by atoms with E-state index in [9.17, 15) is 4.79 Å². The molecule has 0 heterocycles. The number of aldehydes is 1. The fourth-order valence-corrected chi connectivity index (χ4v) is 1.95. The van der Waals surface area contributed by atoms with Crippen molar-refractivity contribution in [1.29, 1.82) is 0 Å². The molecular weight excluding hydrogens is 188 g/mol. The van der Waals surface area contributed by atoms with Crippen molar-refractivity contribution in [2.24, 2.45) is 0 Å². The van der Waals surface area contributed by atoms with Gasteiger partial charge in [-0.3, -0.25) is 4.79 Å². The summed E-state index contributed by atoms with van der Waals surface area (Å²) in [7, 11) is 1.59. The zero-order chi connectivity index (χ0) is 10.8. The molecule has 0 aliphatic heterocycles. The molecule has 0 aromatic heterocycles. The highest BCUT2D eigenvalue weighted by Crippen LogP contribution is 2.29. The third-order valence-corrected chi connectivity index (χ3v) is 2.81. The molecule has 1 aliphatic rings. The van der Waals surface area contributed by atoms with Crippen LogP contribution >= 0.6 is 0 Å². The number of carbonyl (C=O) groups excluding carboxylic acids is 1. The molecule has 0 amide bonds. The monoisotopic (exact) mass is 202 g/mol. The summed E-state index contributed by atoms with van der Waals surface area (Å²) in [6.45, 7) is 2.13. The number of rotatable bonds is 2. The molecule has 0 saturated carbocycles. The Kier molecular flexibility index (Phi) is 2.58. The van der Waals surface area contributed by atoms with Crippen LogP contribution in [0.2, 0.25) is 0 Å². The van der Waals surface area contributed by atoms with Gasteiger partial charge in [-0.05, 0) is 43.0 Å². The highest BCUT2D eigenvalue weighted by molar-refractivity contribution is 5.81. The summed E-state index contributed by atoms with van der Waals surface area (Å²) < 4.78 is 5.18. The molecular formula is C13H14O2. The minimum Gasteiger partial charge on any atom is -0.496 e. The Hall–Kier alpha value is -1.57. The number of fused-ring (bicyclic) bond motifs is 1. The Morgan fingerprint density at radius 1 is 1.33 bits per heavy atom. The zero-order valence-electron chi connectivity index (χ0n) is 9.04. The van der Waals surface area contributed by atoms with Crippen LogP contribution in [-0.4, -0.2) is 13.4 Å². The molecule has 1 aromatic carbocycles. The van der Waals surface area contributed by atoms with Crippen molar-refractivity contribution >= 4 is 12.4 Å². The van der Waals surface area contributed by atoms with Gasteiger partial charge in [0.25, 0.3) is 0 Å². The molecule has 78 valence electrons. The fourth-order valence-electron chi connectivity index (χ4n) is 1.95. The molecule has 2 rings (SSSR count). The van der Waals surface area contributed by atoms with Gasteiger partial charge in [-0.2, -0.15) is 0 Å². The van der Waals surface area contributed by atoms with Crippen LogP contribution in [0.25, 0.3) is 6.08 Å². The first kappa shape index (κ1) is 9.97. The van der Waals surface area contributed by atoms with Crippen molar-refractivity contribution in [3.05, 3.63) is 34.4 Å². The Labute approximate surface area is 89.6 Å². The van der Waals surface area contributed by atoms with Crippen LogP contribution in [0.15, 0.2) is 17.7 Å². The van der Waals surface area contributed by atoms with Crippen molar-refractivity contribution in [3.8, 4) is 5.75 Å². The molecule has 2 heteroatoms. The van der Waals surface area contributed by atoms with Gasteiger partial charge in [0.2, 0.25) is 0 Å². The van der Waals surface area contributed by atoms with Crippen LogP contribution in [-0.2, 0) is 6.42 Å². The zero-order valence-corrected chi connectivity index (χ0v) is 9.04. The number of aryl methyl sites for hydroxylation is 1. The molecule has 0 saturated heterocycles. The maximum atomic E-state index is 10.8. The molecule has 0 N–H and O–H groups in total. The van der Waals surface area contributed by atoms with E-state index in [1.165, 1.54) is 16.7 Å². The lowest BCUT2D eigenvalue weighted by atomic mass is 9.91. The average Bonchev–Trinajstić information content (AvgIpc) is 2.27. The summed E-state index contributed by atoms with van der Waals surface area (Å²) in [6.07, 6.45) is 5.11. The number of allylic oxidation sites excluding steroid dienone is 1. The topological polar surface area (TPSA) is 26.3 Å². The number of benzene rings is 1. The summed E-state index contributed by atoms with van der Waals surface area (Å²) in [5.74, 6) is 0.662. The summed E-state index contributed by atoms with van der Waals surface area (Å²) in [4.78, 5) is 10.8. The second-order valence-electron chi connectivity index (χ2n) is 3.90. The molecule has 0 bridgehead atoms. The standard InChI is InChI=1S/C13H14O2/c1-9-3-4-10-6-12(8-14)13(15-2)7-11(10)5-9/h5-8H,3-4H2,1-2H3. The molecule has 0 radical (unpaired) electrons. The van der Waals surface area contributed by atoms with E-state index in [2.05, 4.69) is 13.0 Å². The minimum atomic E-state index is 0.643. The quantitative estimate of drug-likeness (QED) is 0.689. The van der Waals surface area contributed by atoms with Crippen molar-refractivity contribution in [1.82, 2.24) is 0 Å². The average molecular weight is 202 g/mol. The fraction of sp³-hybridized carbons (Fsp3) is 0.308. The van der Waals surface area contributed by atoms with Crippen LogP contribution < -0.4 is 4.74 Å². The largest absolute Gasteiger partial charge is 0.496 e. The molecule has 1 aromatic rings. The van der Waals surface area contributed by atoms with Gasteiger partial charge in [-0.25, -0.2) is 0 Å². The summed E-state index contributed by atoms with van der Waals surface area (Å²) in [6, 6.07) is 3.88. The first-order valence-corrected chi connectivity index (χ1v) is 5.08. The van der Waals surface area contributed by atoms with Gasteiger partial charge >= 0.3 is 0 Å². The van der Waals surface area contributed by atoms with Crippen molar-refractivity contribution in [2.75, 3.05) is 7.11 Å².